The second-order valence-corrected chi connectivity index (χ2v) is 2.88. The number of amides is 2. The average Bonchev–Trinajstić information content (AvgIpc) is 2.21. The summed E-state index contributed by atoms with van der Waals surface area (Å²) in [6.45, 7) is 0. The molecule has 0 bridgehead atoms. The van der Waals surface area contributed by atoms with Gasteiger partial charge < -0.3 is 30.3 Å². The van der Waals surface area contributed by atoms with Crippen LogP contribution >= 0.6 is 0 Å². The van der Waals surface area contributed by atoms with Gasteiger partial charge in [0, 0.05) is 0 Å². The molecule has 20 heavy (non-hydrogen) atoms. The number of carboxylic acids is 2. The SMILES string of the molecule is O=C(O)OC(=O)C(C(=O)O)(C(=O)O)N(C(=O)O)C(=O)O. The number of imide groups is 1. The minimum Gasteiger partial charge on any atom is -0.479 e. The van der Waals surface area contributed by atoms with Crippen molar-refractivity contribution in [2.24, 2.45) is 0 Å². The Morgan fingerprint density at radius 1 is 0.750 bits per heavy atom. The first kappa shape index (κ1) is 16.6. The lowest BCUT2D eigenvalue weighted by atomic mass is 9.98. The molecule has 0 fully saturated rings. The molecule has 0 aliphatic carbocycles. The summed E-state index contributed by atoms with van der Waals surface area (Å²) < 4.78 is 3.27. The molecule has 110 valence electrons. The molecule has 0 aliphatic heterocycles. The number of hydrogen-bond acceptors (Lipinski definition) is 7. The lowest BCUT2D eigenvalue weighted by Gasteiger charge is -2.28. The number of carboxylic acid groups (broad SMARTS) is 5. The van der Waals surface area contributed by atoms with Gasteiger partial charge in [-0.25, -0.2) is 28.8 Å². The van der Waals surface area contributed by atoms with E-state index < -0.39 is 46.7 Å². The number of carbonyl (C=O) groups is 6. The van der Waals surface area contributed by atoms with E-state index in [0.717, 1.165) is 0 Å². The highest BCUT2D eigenvalue weighted by Crippen LogP contribution is 2.20. The van der Waals surface area contributed by atoms with E-state index in [1.54, 1.807) is 0 Å². The summed E-state index contributed by atoms with van der Waals surface area (Å²) in [7, 11) is 0. The van der Waals surface area contributed by atoms with Crippen LogP contribution in [-0.4, -0.2) is 72.2 Å². The van der Waals surface area contributed by atoms with E-state index in [4.69, 9.17) is 25.5 Å². The Bertz CT molecular complexity index is 478. The van der Waals surface area contributed by atoms with Gasteiger partial charge in [0.05, 0.1) is 0 Å². The zero-order valence-corrected chi connectivity index (χ0v) is 9.04. The van der Waals surface area contributed by atoms with Gasteiger partial charge in [0.25, 0.3) is 0 Å². The molecule has 13 heteroatoms. The van der Waals surface area contributed by atoms with Gasteiger partial charge in [-0.15, -0.1) is 0 Å². The summed E-state index contributed by atoms with van der Waals surface area (Å²) in [6, 6.07) is 0. The van der Waals surface area contributed by atoms with Crippen LogP contribution in [0.5, 0.6) is 0 Å². The fourth-order valence-corrected chi connectivity index (χ4v) is 1.07. The van der Waals surface area contributed by atoms with Crippen LogP contribution in [0.15, 0.2) is 0 Å². The van der Waals surface area contributed by atoms with Crippen LogP contribution in [0, 0.1) is 0 Å². The summed E-state index contributed by atoms with van der Waals surface area (Å²) in [4.78, 5) is 63.2. The van der Waals surface area contributed by atoms with Crippen molar-refractivity contribution in [2.75, 3.05) is 0 Å². The number of carbonyl (C=O) groups excluding carboxylic acids is 1. The fourth-order valence-electron chi connectivity index (χ4n) is 1.07. The largest absolute Gasteiger partial charge is 0.513 e. The molecule has 0 aromatic carbocycles. The second-order valence-electron chi connectivity index (χ2n) is 2.88. The molecule has 13 nitrogen and oxygen atoms in total. The third-order valence-corrected chi connectivity index (χ3v) is 1.81. The number of hydrogen-bond donors (Lipinski definition) is 5. The highest BCUT2D eigenvalue weighted by atomic mass is 16.7. The van der Waals surface area contributed by atoms with E-state index in [9.17, 15) is 28.8 Å². The van der Waals surface area contributed by atoms with Crippen molar-refractivity contribution in [2.45, 2.75) is 5.54 Å². The zero-order valence-electron chi connectivity index (χ0n) is 9.04. The Morgan fingerprint density at radius 3 is 1.30 bits per heavy atom. The van der Waals surface area contributed by atoms with E-state index in [2.05, 4.69) is 4.74 Å². The van der Waals surface area contributed by atoms with Gasteiger partial charge >= 0.3 is 41.8 Å². The van der Waals surface area contributed by atoms with Gasteiger partial charge in [0.15, 0.2) is 0 Å². The molecular weight excluding hydrogens is 290 g/mol. The minimum absolute atomic E-state index is 1.30. The topological polar surface area (TPSA) is 216 Å². The van der Waals surface area contributed by atoms with E-state index in [1.165, 1.54) is 0 Å². The molecular formula is C7H5NO12. The summed E-state index contributed by atoms with van der Waals surface area (Å²) in [5, 5.41) is 42.6. The number of rotatable bonds is 4. The molecule has 0 spiro atoms. The molecule has 0 rings (SSSR count). The standard InChI is InChI=1S/C7H5NO12/c9-1(10)7(2(11)12,3(13)20-6(18)19)8(4(14)15)5(16)17/h(H,9,10)(H,11,12)(H,14,15)(H,16,17)(H,18,19). The maximum absolute atomic E-state index is 11.3. The molecule has 0 saturated heterocycles. The third kappa shape index (κ3) is 2.55. The number of aliphatic carboxylic acids is 2. The fraction of sp³-hybridized carbons (Fsp3) is 0.143. The van der Waals surface area contributed by atoms with Gasteiger partial charge in [0.2, 0.25) is 0 Å². The Kier molecular flexibility index (Phi) is 4.58. The Morgan fingerprint density at radius 2 is 1.10 bits per heavy atom. The van der Waals surface area contributed by atoms with Crippen molar-refractivity contribution in [3.63, 3.8) is 0 Å². The molecule has 0 atom stereocenters. The Hall–Kier alpha value is -3.38. The zero-order chi connectivity index (χ0) is 16.2. The van der Waals surface area contributed by atoms with Gasteiger partial charge in [-0.2, -0.15) is 4.90 Å². The molecule has 0 aromatic heterocycles. The normalized spacial score (nSPS) is 10.2. The van der Waals surface area contributed by atoms with E-state index >= 15 is 0 Å². The van der Waals surface area contributed by atoms with Crippen LogP contribution in [-0.2, 0) is 19.1 Å². The highest BCUT2D eigenvalue weighted by Gasteiger charge is 2.66. The van der Waals surface area contributed by atoms with Crippen molar-refractivity contribution in [3.05, 3.63) is 0 Å². The molecule has 2 amide bonds. The van der Waals surface area contributed by atoms with Crippen molar-refractivity contribution < 1.29 is 59.0 Å². The van der Waals surface area contributed by atoms with Crippen molar-refractivity contribution in [3.8, 4) is 0 Å². The first-order valence-corrected chi connectivity index (χ1v) is 4.17. The maximum Gasteiger partial charge on any atom is 0.513 e. The van der Waals surface area contributed by atoms with E-state index in [-0.39, 0.29) is 0 Å². The summed E-state index contributed by atoms with van der Waals surface area (Å²) >= 11 is 0. The smallest absolute Gasteiger partial charge is 0.479 e. The maximum atomic E-state index is 11.3. The van der Waals surface area contributed by atoms with Crippen molar-refractivity contribution in [1.82, 2.24) is 4.90 Å². The van der Waals surface area contributed by atoms with Crippen molar-refractivity contribution in [1.29, 1.82) is 0 Å². The molecule has 0 saturated carbocycles. The predicted octanol–water partition coefficient (Wildman–Crippen LogP) is -1.23. The molecule has 0 heterocycles. The molecule has 0 radical (unpaired) electrons. The first-order chi connectivity index (χ1) is 8.99. The summed E-state index contributed by atoms with van der Waals surface area (Å²) in [5.41, 5.74) is -4.32. The average molecular weight is 295 g/mol. The van der Waals surface area contributed by atoms with Gasteiger partial charge in [-0.3, -0.25) is 0 Å². The van der Waals surface area contributed by atoms with Crippen molar-refractivity contribution >= 4 is 36.2 Å². The summed E-state index contributed by atoms with van der Waals surface area (Å²) in [5.74, 6) is -8.20. The van der Waals surface area contributed by atoms with Crippen LogP contribution < -0.4 is 0 Å². The second kappa shape index (κ2) is 5.51. The lowest BCUT2D eigenvalue weighted by molar-refractivity contribution is -0.176. The van der Waals surface area contributed by atoms with Crippen LogP contribution in [0.3, 0.4) is 0 Å². The molecule has 0 unspecified atom stereocenters. The monoisotopic (exact) mass is 295 g/mol. The quantitative estimate of drug-likeness (QED) is 0.304. The number of esters is 1. The van der Waals surface area contributed by atoms with E-state index in [1.807, 2.05) is 0 Å². The van der Waals surface area contributed by atoms with Crippen LogP contribution in [0.2, 0.25) is 0 Å². The highest BCUT2D eigenvalue weighted by molar-refractivity contribution is 6.26. The Balaban J connectivity index is 6.30. The van der Waals surface area contributed by atoms with Crippen LogP contribution in [0.4, 0.5) is 14.4 Å². The van der Waals surface area contributed by atoms with E-state index in [0.29, 0.717) is 0 Å². The number of nitrogens with zero attached hydrogens (tertiary/aromatic N) is 1. The lowest BCUT2D eigenvalue weighted by Crippen LogP contribution is -2.68. The molecule has 0 aliphatic rings. The van der Waals surface area contributed by atoms with Gasteiger partial charge in [-0.05, 0) is 0 Å². The van der Waals surface area contributed by atoms with Gasteiger partial charge in [-0.1, -0.05) is 0 Å². The number of ether oxygens (including phenoxy) is 1. The first-order valence-electron chi connectivity index (χ1n) is 4.17. The van der Waals surface area contributed by atoms with Crippen LogP contribution in [0.25, 0.3) is 0 Å². The van der Waals surface area contributed by atoms with Crippen LogP contribution in [0.1, 0.15) is 0 Å². The summed E-state index contributed by atoms with van der Waals surface area (Å²) in [6.07, 6.45) is -7.76. The predicted molar refractivity (Wildman–Crippen MR) is 50.0 cm³/mol. The Labute approximate surface area is 107 Å². The molecule has 0 aromatic rings. The third-order valence-electron chi connectivity index (χ3n) is 1.81. The molecule has 5 N–H and O–H groups in total. The minimum atomic E-state index is -4.32. The van der Waals surface area contributed by atoms with Gasteiger partial charge in [0.1, 0.15) is 0 Å².